The lowest BCUT2D eigenvalue weighted by Crippen LogP contribution is -2.04. The van der Waals surface area contributed by atoms with Crippen LogP contribution in [0.3, 0.4) is 0 Å². The fourth-order valence-electron chi connectivity index (χ4n) is 0.400. The van der Waals surface area contributed by atoms with Crippen LogP contribution < -0.4 is 0 Å². The van der Waals surface area contributed by atoms with E-state index in [1.54, 1.807) is 6.08 Å². The Morgan fingerprint density at radius 3 is 2.62 bits per heavy atom. The van der Waals surface area contributed by atoms with Crippen molar-refractivity contribution in [2.45, 2.75) is 18.9 Å². The zero-order valence-electron chi connectivity index (χ0n) is 4.71. The Bertz CT molecular complexity index is 68.6. The van der Waals surface area contributed by atoms with Crippen LogP contribution in [-0.2, 0) is 4.79 Å². The number of aldehydes is 1. The normalized spacial score (nSPS) is 12.6. The van der Waals surface area contributed by atoms with Crippen LogP contribution in [0.15, 0.2) is 12.7 Å². The first-order valence-electron chi connectivity index (χ1n) is 2.54. The first-order chi connectivity index (χ1) is 3.81. The van der Waals surface area contributed by atoms with Crippen LogP contribution >= 0.6 is 0 Å². The van der Waals surface area contributed by atoms with Crippen LogP contribution in [0.5, 0.6) is 0 Å². The van der Waals surface area contributed by atoms with E-state index in [2.05, 4.69) is 6.58 Å². The summed E-state index contributed by atoms with van der Waals surface area (Å²) >= 11 is 0. The summed E-state index contributed by atoms with van der Waals surface area (Å²) in [6.45, 7) is 3.41. The SMILES string of the molecule is C=CC[C@@H](O)CC=O. The molecule has 0 aliphatic rings. The molecule has 1 N–H and O–H groups in total. The molecule has 0 aromatic carbocycles. The third-order valence-electron chi connectivity index (χ3n) is 0.807. The molecule has 0 saturated carbocycles. The van der Waals surface area contributed by atoms with Crippen LogP contribution in [0.25, 0.3) is 0 Å². The highest BCUT2D eigenvalue weighted by Gasteiger charge is 1.96. The molecule has 2 nitrogen and oxygen atoms in total. The first-order valence-corrected chi connectivity index (χ1v) is 2.54. The number of rotatable bonds is 4. The topological polar surface area (TPSA) is 37.3 Å². The third kappa shape index (κ3) is 3.56. The van der Waals surface area contributed by atoms with Crippen molar-refractivity contribution >= 4 is 6.29 Å². The van der Waals surface area contributed by atoms with E-state index in [9.17, 15) is 4.79 Å². The number of aliphatic hydroxyl groups is 1. The van der Waals surface area contributed by atoms with Crippen LogP contribution in [0.4, 0.5) is 0 Å². The Balaban J connectivity index is 3.16. The van der Waals surface area contributed by atoms with Crippen molar-refractivity contribution in [3.8, 4) is 0 Å². The molecule has 0 aromatic heterocycles. The number of hydrogen-bond donors (Lipinski definition) is 1. The Hall–Kier alpha value is -0.630. The molecule has 0 saturated heterocycles. The van der Waals surface area contributed by atoms with Gasteiger partial charge in [-0.2, -0.15) is 0 Å². The number of aliphatic hydroxyl groups excluding tert-OH is 1. The minimum Gasteiger partial charge on any atom is -0.392 e. The summed E-state index contributed by atoms with van der Waals surface area (Å²) in [5.41, 5.74) is 0. The molecular formula is C6H10O2. The second kappa shape index (κ2) is 4.53. The maximum atomic E-state index is 9.70. The van der Waals surface area contributed by atoms with Gasteiger partial charge in [0.1, 0.15) is 6.29 Å². The fraction of sp³-hybridized carbons (Fsp3) is 0.500. The fourth-order valence-corrected chi connectivity index (χ4v) is 0.400. The van der Waals surface area contributed by atoms with Gasteiger partial charge in [0, 0.05) is 6.42 Å². The average molecular weight is 114 g/mol. The zero-order chi connectivity index (χ0) is 6.41. The minimum atomic E-state index is -0.523. The summed E-state index contributed by atoms with van der Waals surface area (Å²) in [5.74, 6) is 0. The summed E-state index contributed by atoms with van der Waals surface area (Å²) in [4.78, 5) is 9.70. The van der Waals surface area contributed by atoms with Crippen molar-refractivity contribution in [1.29, 1.82) is 0 Å². The summed E-state index contributed by atoms with van der Waals surface area (Å²) in [6, 6.07) is 0. The van der Waals surface area contributed by atoms with Crippen molar-refractivity contribution in [2.75, 3.05) is 0 Å². The average Bonchev–Trinajstić information content (AvgIpc) is 1.68. The molecule has 0 spiro atoms. The molecule has 0 rings (SSSR count). The highest BCUT2D eigenvalue weighted by Crippen LogP contribution is 1.93. The first kappa shape index (κ1) is 7.37. The van der Waals surface area contributed by atoms with Gasteiger partial charge >= 0.3 is 0 Å². The molecule has 0 heterocycles. The van der Waals surface area contributed by atoms with E-state index in [0.717, 1.165) is 0 Å². The van der Waals surface area contributed by atoms with Gasteiger partial charge in [-0.15, -0.1) is 6.58 Å². The molecule has 2 heteroatoms. The van der Waals surface area contributed by atoms with Gasteiger partial charge < -0.3 is 9.90 Å². The predicted molar refractivity (Wildman–Crippen MR) is 31.5 cm³/mol. The van der Waals surface area contributed by atoms with E-state index in [0.29, 0.717) is 12.7 Å². The quantitative estimate of drug-likeness (QED) is 0.427. The summed E-state index contributed by atoms with van der Waals surface area (Å²) in [6.07, 6.45) is 2.48. The van der Waals surface area contributed by atoms with E-state index >= 15 is 0 Å². The Morgan fingerprint density at radius 1 is 1.62 bits per heavy atom. The highest BCUT2D eigenvalue weighted by molar-refractivity contribution is 5.50. The minimum absolute atomic E-state index is 0.214. The largest absolute Gasteiger partial charge is 0.392 e. The second-order valence-electron chi connectivity index (χ2n) is 1.58. The third-order valence-corrected chi connectivity index (χ3v) is 0.807. The molecule has 0 aliphatic carbocycles. The van der Waals surface area contributed by atoms with Crippen LogP contribution in [0.2, 0.25) is 0 Å². The maximum Gasteiger partial charge on any atom is 0.122 e. The van der Waals surface area contributed by atoms with Crippen LogP contribution in [0.1, 0.15) is 12.8 Å². The monoisotopic (exact) mass is 114 g/mol. The van der Waals surface area contributed by atoms with Gasteiger partial charge in [-0.1, -0.05) is 6.08 Å². The number of carbonyl (C=O) groups excluding carboxylic acids is 1. The lowest BCUT2D eigenvalue weighted by atomic mass is 10.2. The molecule has 0 aromatic rings. The highest BCUT2D eigenvalue weighted by atomic mass is 16.3. The van der Waals surface area contributed by atoms with Crippen LogP contribution in [0, 0.1) is 0 Å². The molecule has 0 aliphatic heterocycles. The molecule has 46 valence electrons. The van der Waals surface area contributed by atoms with Gasteiger partial charge in [0.2, 0.25) is 0 Å². The molecule has 8 heavy (non-hydrogen) atoms. The van der Waals surface area contributed by atoms with Gasteiger partial charge in [-0.25, -0.2) is 0 Å². The molecule has 0 amide bonds. The Kier molecular flexibility index (Phi) is 4.17. The Labute approximate surface area is 48.8 Å². The van der Waals surface area contributed by atoms with Crippen molar-refractivity contribution in [3.63, 3.8) is 0 Å². The Morgan fingerprint density at radius 2 is 2.25 bits per heavy atom. The van der Waals surface area contributed by atoms with Crippen molar-refractivity contribution in [1.82, 2.24) is 0 Å². The zero-order valence-corrected chi connectivity index (χ0v) is 4.71. The molecule has 0 unspecified atom stereocenters. The van der Waals surface area contributed by atoms with Gasteiger partial charge in [-0.3, -0.25) is 0 Å². The summed E-state index contributed by atoms with van der Waals surface area (Å²) < 4.78 is 0. The molecule has 0 radical (unpaired) electrons. The van der Waals surface area contributed by atoms with Crippen LogP contribution in [-0.4, -0.2) is 17.5 Å². The number of carbonyl (C=O) groups is 1. The van der Waals surface area contributed by atoms with E-state index in [-0.39, 0.29) is 6.42 Å². The molecule has 0 bridgehead atoms. The van der Waals surface area contributed by atoms with Gasteiger partial charge in [-0.05, 0) is 6.42 Å². The van der Waals surface area contributed by atoms with E-state index in [1.165, 1.54) is 0 Å². The standard InChI is InChI=1S/C6H10O2/c1-2-3-6(8)4-5-7/h2,5-6,8H,1,3-4H2/t6-/m1/s1. The summed E-state index contributed by atoms with van der Waals surface area (Å²) in [7, 11) is 0. The van der Waals surface area contributed by atoms with E-state index < -0.39 is 6.10 Å². The van der Waals surface area contributed by atoms with Gasteiger partial charge in [0.25, 0.3) is 0 Å². The second-order valence-corrected chi connectivity index (χ2v) is 1.58. The van der Waals surface area contributed by atoms with Crippen molar-refractivity contribution < 1.29 is 9.90 Å². The molecular weight excluding hydrogens is 104 g/mol. The predicted octanol–water partition coefficient (Wildman–Crippen LogP) is 0.512. The van der Waals surface area contributed by atoms with Crippen molar-refractivity contribution in [3.05, 3.63) is 12.7 Å². The maximum absolute atomic E-state index is 9.70. The smallest absolute Gasteiger partial charge is 0.122 e. The number of hydrogen-bond acceptors (Lipinski definition) is 2. The molecule has 1 atom stereocenters. The van der Waals surface area contributed by atoms with Crippen molar-refractivity contribution in [2.24, 2.45) is 0 Å². The lowest BCUT2D eigenvalue weighted by molar-refractivity contribution is -0.109. The lowest BCUT2D eigenvalue weighted by Gasteiger charge is -1.98. The van der Waals surface area contributed by atoms with E-state index in [4.69, 9.17) is 5.11 Å². The van der Waals surface area contributed by atoms with E-state index in [1.807, 2.05) is 0 Å². The summed E-state index contributed by atoms with van der Waals surface area (Å²) in [5, 5.41) is 8.75. The molecule has 0 fully saturated rings. The van der Waals surface area contributed by atoms with Gasteiger partial charge in [0.15, 0.2) is 0 Å². The van der Waals surface area contributed by atoms with Gasteiger partial charge in [0.05, 0.1) is 6.10 Å².